The highest BCUT2D eigenvalue weighted by Gasteiger charge is 2.30. The molecule has 0 aliphatic heterocycles. The lowest BCUT2D eigenvalue weighted by molar-refractivity contribution is -0.113. The molecule has 1 aliphatic carbocycles. The van der Waals surface area contributed by atoms with Crippen LogP contribution in [0.2, 0.25) is 0 Å². The summed E-state index contributed by atoms with van der Waals surface area (Å²) >= 11 is 0. The van der Waals surface area contributed by atoms with Crippen molar-refractivity contribution in [2.75, 3.05) is 23.9 Å². The van der Waals surface area contributed by atoms with Crippen molar-refractivity contribution in [3.63, 3.8) is 0 Å². The number of carbonyl (C=O) groups excluding carboxylic acids is 1. The van der Waals surface area contributed by atoms with Gasteiger partial charge >= 0.3 is 0 Å². The van der Waals surface area contributed by atoms with E-state index in [9.17, 15) is 13.2 Å². The zero-order valence-electron chi connectivity index (χ0n) is 12.4. The van der Waals surface area contributed by atoms with Crippen molar-refractivity contribution < 1.29 is 17.9 Å². The molecular weight excluding hydrogens is 328 g/mol. The highest BCUT2D eigenvalue weighted by molar-refractivity contribution is 7.92. The van der Waals surface area contributed by atoms with Gasteiger partial charge in [-0.2, -0.15) is 0 Å². The number of benzene rings is 1. The van der Waals surface area contributed by atoms with Gasteiger partial charge < -0.3 is 15.8 Å². The quantitative estimate of drug-likeness (QED) is 0.793. The fraction of sp³-hybridized carbons (Fsp3) is 0.500. The molecule has 2 rings (SSSR count). The number of halogens is 1. The number of anilines is 2. The van der Waals surface area contributed by atoms with Gasteiger partial charge in [-0.15, -0.1) is 12.4 Å². The van der Waals surface area contributed by atoms with Crippen molar-refractivity contribution in [2.45, 2.75) is 30.9 Å². The van der Waals surface area contributed by atoms with Crippen molar-refractivity contribution in [1.29, 1.82) is 0 Å². The summed E-state index contributed by atoms with van der Waals surface area (Å²) in [6.07, 6.45) is 3.12. The van der Waals surface area contributed by atoms with Crippen LogP contribution in [0.5, 0.6) is 5.75 Å². The number of methoxy groups -OCH3 is 1. The molecule has 1 fully saturated rings. The van der Waals surface area contributed by atoms with Crippen molar-refractivity contribution in [3.8, 4) is 5.75 Å². The molecule has 6 nitrogen and oxygen atoms in total. The lowest BCUT2D eigenvalue weighted by Crippen LogP contribution is -2.29. The topological polar surface area (TPSA) is 98.5 Å². The maximum absolute atomic E-state index is 12.1. The number of carbonyl (C=O) groups is 1. The summed E-state index contributed by atoms with van der Waals surface area (Å²) in [5, 5.41) is 2.16. The van der Waals surface area contributed by atoms with Crippen molar-refractivity contribution in [3.05, 3.63) is 18.2 Å². The molecular formula is C14H21ClN2O4S. The van der Waals surface area contributed by atoms with Crippen LogP contribution in [0.3, 0.4) is 0 Å². The smallest absolute Gasteiger partial charge is 0.239 e. The SMILES string of the molecule is COc1ccc(N)c(NC(=O)CS(=O)(=O)C2CCCC2)c1.Cl. The number of amides is 1. The number of ether oxygens (including phenoxy) is 1. The van der Waals surface area contributed by atoms with Crippen LogP contribution in [0.4, 0.5) is 11.4 Å². The molecule has 124 valence electrons. The zero-order valence-corrected chi connectivity index (χ0v) is 14.0. The Bertz CT molecular complexity index is 628. The Hall–Kier alpha value is -1.47. The zero-order chi connectivity index (χ0) is 15.5. The number of sulfone groups is 1. The Morgan fingerprint density at radius 1 is 1.36 bits per heavy atom. The third kappa shape index (κ3) is 4.51. The van der Waals surface area contributed by atoms with Gasteiger partial charge in [0, 0.05) is 6.07 Å². The largest absolute Gasteiger partial charge is 0.497 e. The Balaban J connectivity index is 0.00000242. The van der Waals surface area contributed by atoms with Crippen LogP contribution in [-0.4, -0.2) is 32.4 Å². The van der Waals surface area contributed by atoms with E-state index in [1.54, 1.807) is 18.2 Å². The highest BCUT2D eigenvalue weighted by Crippen LogP contribution is 2.26. The Kier molecular flexibility index (Phi) is 6.49. The first-order valence-corrected chi connectivity index (χ1v) is 8.59. The van der Waals surface area contributed by atoms with Crippen LogP contribution in [0, 0.1) is 0 Å². The van der Waals surface area contributed by atoms with Crippen LogP contribution >= 0.6 is 12.4 Å². The van der Waals surface area contributed by atoms with Gasteiger partial charge in [-0.1, -0.05) is 12.8 Å². The lowest BCUT2D eigenvalue weighted by Gasteiger charge is -2.12. The number of rotatable bonds is 5. The van der Waals surface area contributed by atoms with Gasteiger partial charge in [0.2, 0.25) is 5.91 Å². The van der Waals surface area contributed by atoms with E-state index in [0.717, 1.165) is 12.8 Å². The third-order valence-corrected chi connectivity index (χ3v) is 5.83. The first-order chi connectivity index (χ1) is 9.92. The monoisotopic (exact) mass is 348 g/mol. The Morgan fingerprint density at radius 3 is 2.59 bits per heavy atom. The van der Waals surface area contributed by atoms with Gasteiger partial charge in [0.1, 0.15) is 11.5 Å². The van der Waals surface area contributed by atoms with Crippen LogP contribution in [-0.2, 0) is 14.6 Å². The van der Waals surface area contributed by atoms with Gasteiger partial charge in [0.05, 0.1) is 23.7 Å². The molecule has 0 saturated heterocycles. The van der Waals surface area contributed by atoms with Gasteiger partial charge in [-0.05, 0) is 25.0 Å². The first-order valence-electron chi connectivity index (χ1n) is 6.87. The van der Waals surface area contributed by atoms with Gasteiger partial charge in [-0.25, -0.2) is 8.42 Å². The second-order valence-electron chi connectivity index (χ2n) is 5.22. The lowest BCUT2D eigenvalue weighted by atomic mass is 10.2. The average Bonchev–Trinajstić information content (AvgIpc) is 2.95. The van der Waals surface area contributed by atoms with E-state index in [4.69, 9.17) is 10.5 Å². The number of nitrogens with two attached hydrogens (primary N) is 1. The summed E-state index contributed by atoms with van der Waals surface area (Å²) in [5.74, 6) is -0.533. The summed E-state index contributed by atoms with van der Waals surface area (Å²) in [4.78, 5) is 11.9. The van der Waals surface area contributed by atoms with E-state index in [1.807, 2.05) is 0 Å². The maximum atomic E-state index is 12.1. The molecule has 0 aromatic heterocycles. The number of nitrogens with one attached hydrogen (secondary N) is 1. The van der Waals surface area contributed by atoms with Crippen LogP contribution < -0.4 is 15.8 Å². The minimum Gasteiger partial charge on any atom is -0.497 e. The standard InChI is InChI=1S/C14H20N2O4S.ClH/c1-20-10-6-7-12(15)13(8-10)16-14(17)9-21(18,19)11-4-2-3-5-11;/h6-8,11H,2-5,9,15H2,1H3,(H,16,17);1H. The summed E-state index contributed by atoms with van der Waals surface area (Å²) in [6.45, 7) is 0. The van der Waals surface area contributed by atoms with Crippen LogP contribution in [0.1, 0.15) is 25.7 Å². The molecule has 0 heterocycles. The summed E-state index contributed by atoms with van der Waals surface area (Å²) in [5.41, 5.74) is 6.48. The molecule has 1 saturated carbocycles. The molecule has 0 unspecified atom stereocenters. The van der Waals surface area contributed by atoms with Gasteiger partial charge in [0.15, 0.2) is 9.84 Å². The fourth-order valence-electron chi connectivity index (χ4n) is 2.50. The molecule has 8 heteroatoms. The minimum atomic E-state index is -3.39. The number of nitrogen functional groups attached to an aromatic ring is 1. The summed E-state index contributed by atoms with van der Waals surface area (Å²) in [6, 6.07) is 4.83. The van der Waals surface area contributed by atoms with Gasteiger partial charge in [-0.3, -0.25) is 4.79 Å². The Morgan fingerprint density at radius 2 is 2.00 bits per heavy atom. The molecule has 1 aromatic rings. The molecule has 1 aliphatic rings. The van der Waals surface area contributed by atoms with Crippen molar-refractivity contribution >= 4 is 39.5 Å². The van der Waals surface area contributed by atoms with E-state index < -0.39 is 21.5 Å². The summed E-state index contributed by atoms with van der Waals surface area (Å²) in [7, 11) is -1.89. The van der Waals surface area contributed by atoms with E-state index in [1.165, 1.54) is 7.11 Å². The maximum Gasteiger partial charge on any atom is 0.239 e. The molecule has 1 amide bonds. The third-order valence-electron chi connectivity index (χ3n) is 3.68. The van der Waals surface area contributed by atoms with Crippen molar-refractivity contribution in [2.24, 2.45) is 0 Å². The van der Waals surface area contributed by atoms with Crippen LogP contribution in [0.15, 0.2) is 18.2 Å². The van der Waals surface area contributed by atoms with Crippen molar-refractivity contribution in [1.82, 2.24) is 0 Å². The Labute approximate surface area is 136 Å². The highest BCUT2D eigenvalue weighted by atomic mass is 35.5. The summed E-state index contributed by atoms with van der Waals surface area (Å²) < 4.78 is 29.3. The molecule has 0 atom stereocenters. The minimum absolute atomic E-state index is 0. The first kappa shape index (κ1) is 18.6. The second kappa shape index (κ2) is 7.69. The van der Waals surface area contributed by atoms with E-state index in [-0.39, 0.29) is 17.7 Å². The molecule has 22 heavy (non-hydrogen) atoms. The molecule has 0 bridgehead atoms. The van der Waals surface area contributed by atoms with E-state index >= 15 is 0 Å². The predicted octanol–water partition coefficient (Wildman–Crippen LogP) is 2.00. The number of hydrogen-bond donors (Lipinski definition) is 2. The fourth-order valence-corrected chi connectivity index (χ4v) is 4.23. The molecule has 0 radical (unpaired) electrons. The average molecular weight is 349 g/mol. The van der Waals surface area contributed by atoms with Gasteiger partial charge in [0.25, 0.3) is 0 Å². The molecule has 1 aromatic carbocycles. The predicted molar refractivity (Wildman–Crippen MR) is 89.3 cm³/mol. The van der Waals surface area contributed by atoms with Crippen LogP contribution in [0.25, 0.3) is 0 Å². The normalized spacial score (nSPS) is 15.1. The molecule has 0 spiro atoms. The second-order valence-corrected chi connectivity index (χ2v) is 7.50. The molecule has 3 N–H and O–H groups in total. The number of hydrogen-bond acceptors (Lipinski definition) is 5. The van der Waals surface area contributed by atoms with E-state index in [0.29, 0.717) is 30.0 Å². The van der Waals surface area contributed by atoms with E-state index in [2.05, 4.69) is 5.32 Å².